The Labute approximate surface area is 124 Å². The topological polar surface area (TPSA) is 23.1 Å². The average Bonchev–Trinajstić information content (AvgIpc) is 2.56. The summed E-state index contributed by atoms with van der Waals surface area (Å²) < 4.78 is 16.7. The summed E-state index contributed by atoms with van der Waals surface area (Å²) in [5.41, 5.74) is 0. The van der Waals surface area contributed by atoms with E-state index < -0.39 is 18.8 Å². The zero-order valence-corrected chi connectivity index (χ0v) is 13.1. The van der Waals surface area contributed by atoms with Gasteiger partial charge in [0.05, 0.1) is 0 Å². The van der Waals surface area contributed by atoms with Crippen LogP contribution in [0.25, 0.3) is 0 Å². The van der Waals surface area contributed by atoms with Crippen LogP contribution in [0.1, 0.15) is 0 Å². The molecule has 0 aromatic heterocycles. The zero-order chi connectivity index (χ0) is 13.8. The summed E-state index contributed by atoms with van der Waals surface area (Å²) in [5.74, 6) is 0. The first-order valence-electron chi connectivity index (χ1n) is 6.45. The van der Waals surface area contributed by atoms with Crippen molar-refractivity contribution in [2.75, 3.05) is 0 Å². The van der Waals surface area contributed by atoms with Crippen molar-refractivity contribution in [1.82, 2.24) is 0 Å². The van der Waals surface area contributed by atoms with Crippen LogP contribution < -0.4 is 22.3 Å². The molecule has 3 rings (SSSR count). The van der Waals surface area contributed by atoms with Crippen molar-refractivity contribution in [3.8, 4) is 0 Å². The van der Waals surface area contributed by atoms with E-state index in [0.29, 0.717) is 0 Å². The molecule has 0 amide bonds. The van der Waals surface area contributed by atoms with Gasteiger partial charge in [-0.25, -0.2) is 0 Å². The van der Waals surface area contributed by atoms with E-state index in [1.165, 1.54) is 0 Å². The minimum atomic E-state index is -3.65. The number of halogens is 1. The summed E-state index contributed by atoms with van der Waals surface area (Å²) in [5, 5.41) is 0. The molecule has 0 N–H and O–H groups in total. The van der Waals surface area contributed by atoms with Gasteiger partial charge in [0.2, 0.25) is 0 Å². The van der Waals surface area contributed by atoms with E-state index >= 15 is 0 Å². The Kier molecular flexibility index (Phi) is 3.85. The fourth-order valence-electron chi connectivity index (χ4n) is 2.15. The first-order valence-corrected chi connectivity index (χ1v) is 10.6. The Morgan fingerprint density at radius 1 is 0.450 bits per heavy atom. The molecule has 0 saturated heterocycles. The molecule has 0 spiro atoms. The summed E-state index contributed by atoms with van der Waals surface area (Å²) in [6.07, 6.45) is 0. The van der Waals surface area contributed by atoms with Gasteiger partial charge in [0.25, 0.3) is 0 Å². The van der Waals surface area contributed by atoms with Crippen molar-refractivity contribution in [2.24, 2.45) is 0 Å². The van der Waals surface area contributed by atoms with Gasteiger partial charge in [-0.2, -0.15) is 0 Å². The van der Waals surface area contributed by atoms with Crippen LogP contribution in [0.3, 0.4) is 0 Å². The fourth-order valence-corrected chi connectivity index (χ4v) is 8.60. The molecule has 0 fully saturated rings. The second kappa shape index (κ2) is 5.77. The van der Waals surface area contributed by atoms with E-state index in [9.17, 15) is 3.44 Å². The van der Waals surface area contributed by atoms with Gasteiger partial charge in [-0.15, -0.1) is 0 Å². The van der Waals surface area contributed by atoms with Crippen LogP contribution in [-0.2, 0) is 0 Å². The summed E-state index contributed by atoms with van der Waals surface area (Å²) in [6.45, 7) is 0. The summed E-state index contributed by atoms with van der Waals surface area (Å²) in [4.78, 5) is 0. The monoisotopic (exact) mass is 374 g/mol. The quantitative estimate of drug-likeness (QED) is 0.594. The van der Waals surface area contributed by atoms with E-state index in [2.05, 4.69) is 0 Å². The number of hydrogen-bond donors (Lipinski definition) is 0. The normalized spacial score (nSPS) is 12.1. The van der Waals surface area contributed by atoms with Gasteiger partial charge in [-0.1, -0.05) is 0 Å². The van der Waals surface area contributed by atoms with Gasteiger partial charge in [0, 0.05) is 0 Å². The van der Waals surface area contributed by atoms with Crippen molar-refractivity contribution in [1.29, 1.82) is 0 Å². The Balaban J connectivity index is 2.24. The summed E-state index contributed by atoms with van der Waals surface area (Å²) in [7, 11) is 0. The van der Waals surface area contributed by atoms with Gasteiger partial charge in [-0.05, 0) is 0 Å². The molecule has 100 valence electrons. The Hall–Kier alpha value is -1.65. The third-order valence-electron chi connectivity index (χ3n) is 3.12. The Morgan fingerprint density at radius 3 is 0.950 bits per heavy atom. The molecule has 0 aliphatic heterocycles. The standard InChI is InChI=1S/C18H15IO/c20-19(16-10-4-1-5-11-16,17-12-6-2-7-13-17)18-14-8-3-9-15-18/h1-15H. The minimum absolute atomic E-state index is 0.941. The molecule has 20 heavy (non-hydrogen) atoms. The first-order chi connectivity index (χ1) is 9.82. The molecule has 0 radical (unpaired) electrons. The van der Waals surface area contributed by atoms with E-state index in [1.54, 1.807) is 0 Å². The second-order valence-corrected chi connectivity index (χ2v) is 11.1. The number of rotatable bonds is 3. The van der Waals surface area contributed by atoms with E-state index in [4.69, 9.17) is 0 Å². The molecule has 0 unspecified atom stereocenters. The fraction of sp³-hybridized carbons (Fsp3) is 0. The number of hydrogen-bond acceptors (Lipinski definition) is 1. The molecule has 0 bridgehead atoms. The van der Waals surface area contributed by atoms with Gasteiger partial charge >= 0.3 is 124 Å². The molecule has 0 aliphatic carbocycles. The molecule has 3 aromatic rings. The summed E-state index contributed by atoms with van der Waals surface area (Å²) >= 11 is -3.65. The summed E-state index contributed by atoms with van der Waals surface area (Å²) in [6, 6.07) is 29.5. The third kappa shape index (κ3) is 2.37. The maximum absolute atomic E-state index is 13.9. The molecule has 3 aromatic carbocycles. The molecular formula is C18H15IO. The number of benzene rings is 3. The van der Waals surface area contributed by atoms with Crippen molar-refractivity contribution in [3.63, 3.8) is 0 Å². The third-order valence-corrected chi connectivity index (χ3v) is 10.5. The molecule has 2 heteroatoms. The van der Waals surface area contributed by atoms with E-state index in [-0.39, 0.29) is 0 Å². The van der Waals surface area contributed by atoms with E-state index in [1.807, 2.05) is 91.0 Å². The van der Waals surface area contributed by atoms with Crippen LogP contribution >= 0.6 is 0 Å². The Bertz CT molecular complexity index is 569. The Morgan fingerprint density at radius 2 is 0.700 bits per heavy atom. The molecule has 0 aliphatic rings. The van der Waals surface area contributed by atoms with Crippen LogP contribution in [0.4, 0.5) is 0 Å². The first kappa shape index (κ1) is 13.3. The maximum atomic E-state index is 13.9. The molecule has 0 saturated carbocycles. The molecule has 0 atom stereocenters. The predicted molar refractivity (Wildman–Crippen MR) is 75.4 cm³/mol. The van der Waals surface area contributed by atoms with Crippen molar-refractivity contribution in [3.05, 3.63) is 102 Å². The van der Waals surface area contributed by atoms with Gasteiger partial charge in [0.1, 0.15) is 0 Å². The van der Waals surface area contributed by atoms with Gasteiger partial charge < -0.3 is 0 Å². The SMILES string of the molecule is [O-][I+](c1ccccc1)(c1ccccc1)c1ccccc1. The second-order valence-electron chi connectivity index (χ2n) is 4.40. The van der Waals surface area contributed by atoms with E-state index in [0.717, 1.165) is 10.7 Å². The van der Waals surface area contributed by atoms with Gasteiger partial charge in [0.15, 0.2) is 0 Å². The van der Waals surface area contributed by atoms with Crippen molar-refractivity contribution in [2.45, 2.75) is 0 Å². The average molecular weight is 374 g/mol. The van der Waals surface area contributed by atoms with Crippen molar-refractivity contribution >= 4 is 0 Å². The van der Waals surface area contributed by atoms with Gasteiger partial charge in [-0.3, -0.25) is 0 Å². The van der Waals surface area contributed by atoms with Crippen LogP contribution in [0, 0.1) is 10.7 Å². The molecular weight excluding hydrogens is 359 g/mol. The van der Waals surface area contributed by atoms with Crippen molar-refractivity contribution < 1.29 is 22.3 Å². The molecule has 0 heterocycles. The van der Waals surface area contributed by atoms with Crippen LogP contribution in [0.15, 0.2) is 91.0 Å². The molecule has 1 nitrogen and oxygen atoms in total. The zero-order valence-electron chi connectivity index (χ0n) is 10.9. The van der Waals surface area contributed by atoms with Crippen LogP contribution in [-0.4, -0.2) is 0 Å². The van der Waals surface area contributed by atoms with Crippen LogP contribution in [0.5, 0.6) is 0 Å². The van der Waals surface area contributed by atoms with Crippen LogP contribution in [0.2, 0.25) is 0 Å². The predicted octanol–water partition coefficient (Wildman–Crippen LogP) is 0.0315.